The van der Waals surface area contributed by atoms with Crippen LogP contribution in [0.15, 0.2) is 60.7 Å². The lowest BCUT2D eigenvalue weighted by Gasteiger charge is -2.38. The van der Waals surface area contributed by atoms with Gasteiger partial charge in [0.15, 0.2) is 0 Å². The molecule has 2 aromatic carbocycles. The standard InChI is InChI=1S/C29H35N3O4S/c1-18(2)21(17-33)32-25(27(35)31-16-20-11-7-4-8-12-20)29-14-13-22(37-29)23(24(29)28(32)36)26(34)30-15-19-9-5-3-6-10-19/h3-12,18,21-25,33H,13-17H2,1-2H3,(H,30,34)(H,31,35)/t21-,22-,23+,24-,25?,29?/m0/s1. The number of benzene rings is 2. The van der Waals surface area contributed by atoms with Crippen LogP contribution in [0.4, 0.5) is 0 Å². The molecular formula is C29H35N3O4S. The predicted octanol–water partition coefficient (Wildman–Crippen LogP) is 2.73. The fraction of sp³-hybridized carbons (Fsp3) is 0.483. The third kappa shape index (κ3) is 4.55. The fourth-order valence-corrected chi connectivity index (χ4v) is 8.66. The molecule has 0 radical (unpaired) electrons. The summed E-state index contributed by atoms with van der Waals surface area (Å²) in [4.78, 5) is 43.1. The highest BCUT2D eigenvalue weighted by Crippen LogP contribution is 2.66. The number of aliphatic hydroxyl groups excluding tert-OH is 1. The number of hydrogen-bond acceptors (Lipinski definition) is 5. The van der Waals surface area contributed by atoms with Crippen molar-refractivity contribution in [1.29, 1.82) is 0 Å². The molecule has 6 atom stereocenters. The van der Waals surface area contributed by atoms with Gasteiger partial charge >= 0.3 is 0 Å². The quantitative estimate of drug-likeness (QED) is 0.471. The molecule has 3 aliphatic heterocycles. The second kappa shape index (κ2) is 10.5. The summed E-state index contributed by atoms with van der Waals surface area (Å²) in [7, 11) is 0. The summed E-state index contributed by atoms with van der Waals surface area (Å²) < 4.78 is -0.667. The van der Waals surface area contributed by atoms with Crippen LogP contribution in [0.25, 0.3) is 0 Å². The first-order chi connectivity index (χ1) is 17.9. The molecule has 3 saturated heterocycles. The number of hydrogen-bond donors (Lipinski definition) is 3. The summed E-state index contributed by atoms with van der Waals surface area (Å²) in [5.74, 6) is -1.62. The van der Waals surface area contributed by atoms with E-state index in [2.05, 4.69) is 10.6 Å². The van der Waals surface area contributed by atoms with Gasteiger partial charge in [0.25, 0.3) is 0 Å². The maximum Gasteiger partial charge on any atom is 0.244 e. The molecule has 0 saturated carbocycles. The zero-order valence-electron chi connectivity index (χ0n) is 21.3. The third-order valence-corrected chi connectivity index (χ3v) is 10.2. The highest BCUT2D eigenvalue weighted by atomic mass is 32.2. The molecule has 5 rings (SSSR count). The molecule has 1 spiro atoms. The van der Waals surface area contributed by atoms with Crippen molar-refractivity contribution >= 4 is 29.5 Å². The minimum Gasteiger partial charge on any atom is -0.394 e. The Morgan fingerprint density at radius 3 is 2.11 bits per heavy atom. The Balaban J connectivity index is 1.43. The molecule has 3 aliphatic rings. The van der Waals surface area contributed by atoms with Crippen LogP contribution in [-0.2, 0) is 27.5 Å². The lowest BCUT2D eigenvalue weighted by atomic mass is 9.70. The molecule has 0 aromatic heterocycles. The zero-order valence-corrected chi connectivity index (χ0v) is 22.1. The van der Waals surface area contributed by atoms with E-state index >= 15 is 0 Å². The second-order valence-electron chi connectivity index (χ2n) is 10.7. The van der Waals surface area contributed by atoms with Gasteiger partial charge in [-0.25, -0.2) is 0 Å². The monoisotopic (exact) mass is 521 g/mol. The number of rotatable bonds is 9. The average molecular weight is 522 g/mol. The smallest absolute Gasteiger partial charge is 0.244 e. The van der Waals surface area contributed by atoms with Crippen LogP contribution < -0.4 is 10.6 Å². The van der Waals surface area contributed by atoms with E-state index in [9.17, 15) is 19.5 Å². The van der Waals surface area contributed by atoms with Crippen LogP contribution >= 0.6 is 11.8 Å². The molecular weight excluding hydrogens is 486 g/mol. The van der Waals surface area contributed by atoms with Gasteiger partial charge in [0.1, 0.15) is 6.04 Å². The predicted molar refractivity (Wildman–Crippen MR) is 143 cm³/mol. The van der Waals surface area contributed by atoms with Gasteiger partial charge in [0.2, 0.25) is 17.7 Å². The van der Waals surface area contributed by atoms with Gasteiger partial charge in [-0.1, -0.05) is 74.5 Å². The van der Waals surface area contributed by atoms with Crippen molar-refractivity contribution in [3.8, 4) is 0 Å². The van der Waals surface area contributed by atoms with Gasteiger partial charge in [0.05, 0.1) is 29.2 Å². The fourth-order valence-electron chi connectivity index (χ4n) is 6.45. The van der Waals surface area contributed by atoms with Crippen molar-refractivity contribution < 1.29 is 19.5 Å². The minimum absolute atomic E-state index is 0.00271. The van der Waals surface area contributed by atoms with Crippen LogP contribution in [0, 0.1) is 17.8 Å². The Morgan fingerprint density at radius 2 is 1.57 bits per heavy atom. The molecule has 2 aromatic rings. The van der Waals surface area contributed by atoms with Crippen molar-refractivity contribution in [3.05, 3.63) is 71.8 Å². The number of thioether (sulfide) groups is 1. The van der Waals surface area contributed by atoms with Gasteiger partial charge in [0, 0.05) is 18.3 Å². The molecule has 8 heteroatoms. The summed E-state index contributed by atoms with van der Waals surface area (Å²) in [6.07, 6.45) is 1.50. The van der Waals surface area contributed by atoms with E-state index in [0.29, 0.717) is 19.5 Å². The van der Waals surface area contributed by atoms with E-state index in [1.807, 2.05) is 74.5 Å². The van der Waals surface area contributed by atoms with E-state index in [0.717, 1.165) is 17.5 Å². The maximum atomic E-state index is 14.1. The zero-order chi connectivity index (χ0) is 26.2. The van der Waals surface area contributed by atoms with E-state index < -0.39 is 28.7 Å². The normalized spacial score (nSPS) is 28.9. The Morgan fingerprint density at radius 1 is 1.00 bits per heavy atom. The Hall–Kier alpha value is -2.84. The first-order valence-corrected chi connectivity index (χ1v) is 14.0. The van der Waals surface area contributed by atoms with Gasteiger partial charge in [-0.2, -0.15) is 0 Å². The number of amides is 3. The SMILES string of the molecule is CC(C)[C@H](CO)N1C(=O)[C@@H]2[C@H](C(=O)NCc3ccccc3)[C@@H]3CCC2(S3)C1C(=O)NCc1ccccc1. The van der Waals surface area contributed by atoms with Crippen LogP contribution in [0.5, 0.6) is 0 Å². The van der Waals surface area contributed by atoms with E-state index in [4.69, 9.17) is 0 Å². The van der Waals surface area contributed by atoms with Gasteiger partial charge in [-0.15, -0.1) is 11.8 Å². The number of nitrogens with zero attached hydrogens (tertiary/aromatic N) is 1. The first-order valence-electron chi connectivity index (χ1n) is 13.1. The van der Waals surface area contributed by atoms with Gasteiger partial charge in [-0.3, -0.25) is 14.4 Å². The van der Waals surface area contributed by atoms with Crippen molar-refractivity contribution in [3.63, 3.8) is 0 Å². The summed E-state index contributed by atoms with van der Waals surface area (Å²) >= 11 is 1.65. The molecule has 196 valence electrons. The van der Waals surface area contributed by atoms with Crippen LogP contribution in [0.3, 0.4) is 0 Å². The van der Waals surface area contributed by atoms with Crippen LogP contribution in [0.1, 0.15) is 37.8 Å². The van der Waals surface area contributed by atoms with Gasteiger partial charge in [-0.05, 0) is 29.9 Å². The van der Waals surface area contributed by atoms with E-state index in [1.165, 1.54) is 0 Å². The molecule has 2 bridgehead atoms. The Kier molecular flexibility index (Phi) is 7.32. The van der Waals surface area contributed by atoms with E-state index in [-0.39, 0.29) is 35.5 Å². The molecule has 3 amide bonds. The minimum atomic E-state index is -0.727. The molecule has 0 aliphatic carbocycles. The lowest BCUT2D eigenvalue weighted by molar-refractivity contribution is -0.143. The van der Waals surface area contributed by atoms with E-state index in [1.54, 1.807) is 16.7 Å². The molecule has 3 N–H and O–H groups in total. The van der Waals surface area contributed by atoms with Crippen LogP contribution in [-0.4, -0.2) is 56.4 Å². The summed E-state index contributed by atoms with van der Waals surface area (Å²) in [5.41, 5.74) is 1.98. The summed E-state index contributed by atoms with van der Waals surface area (Å²) in [6, 6.07) is 18.2. The number of fused-ring (bicyclic) bond motifs is 1. The van der Waals surface area contributed by atoms with Crippen molar-refractivity contribution in [2.45, 2.75) is 61.9 Å². The molecule has 7 nitrogen and oxygen atoms in total. The lowest BCUT2D eigenvalue weighted by Crippen LogP contribution is -2.57. The number of carbonyl (C=O) groups excluding carboxylic acids is 3. The number of carbonyl (C=O) groups is 3. The Bertz CT molecular complexity index is 1140. The van der Waals surface area contributed by atoms with Crippen LogP contribution in [0.2, 0.25) is 0 Å². The summed E-state index contributed by atoms with van der Waals surface area (Å²) in [5, 5.41) is 16.4. The summed E-state index contributed by atoms with van der Waals surface area (Å²) in [6.45, 7) is 4.44. The van der Waals surface area contributed by atoms with Crippen molar-refractivity contribution in [2.75, 3.05) is 6.61 Å². The average Bonchev–Trinajstić information content (AvgIpc) is 3.55. The first kappa shape index (κ1) is 25.8. The maximum absolute atomic E-state index is 14.1. The van der Waals surface area contributed by atoms with Gasteiger partial charge < -0.3 is 20.6 Å². The third-order valence-electron chi connectivity index (χ3n) is 8.22. The number of nitrogens with one attached hydrogen (secondary N) is 2. The van der Waals surface area contributed by atoms with Crippen molar-refractivity contribution in [1.82, 2.24) is 15.5 Å². The highest BCUT2D eigenvalue weighted by molar-refractivity contribution is 8.02. The number of aliphatic hydroxyl groups is 1. The highest BCUT2D eigenvalue weighted by Gasteiger charge is 2.74. The Labute approximate surface area is 222 Å². The number of likely N-dealkylation sites (tertiary alicyclic amines) is 1. The molecule has 37 heavy (non-hydrogen) atoms. The molecule has 2 unspecified atom stereocenters. The topological polar surface area (TPSA) is 98.7 Å². The van der Waals surface area contributed by atoms with Crippen molar-refractivity contribution in [2.24, 2.45) is 17.8 Å². The molecule has 3 fully saturated rings. The second-order valence-corrected chi connectivity index (χ2v) is 12.3. The largest absolute Gasteiger partial charge is 0.394 e. The molecule has 3 heterocycles.